The molecule has 1 heterocycles. The van der Waals surface area contributed by atoms with Crippen LogP contribution in [0.4, 0.5) is 0 Å². The maximum absolute atomic E-state index is 8.87. The summed E-state index contributed by atoms with van der Waals surface area (Å²) >= 11 is 0. The molecule has 62 valence electrons. The van der Waals surface area contributed by atoms with Gasteiger partial charge in [-0.05, 0) is 5.56 Å². The molecular weight excluding hydrogens is 164 g/mol. The van der Waals surface area contributed by atoms with Crippen molar-refractivity contribution in [2.75, 3.05) is 0 Å². The summed E-state index contributed by atoms with van der Waals surface area (Å²) in [6.45, 7) is 0.345. The van der Waals surface area contributed by atoms with Gasteiger partial charge in [0, 0.05) is 5.56 Å². The molecule has 3 nitrogen and oxygen atoms in total. The van der Waals surface area contributed by atoms with Crippen LogP contribution in [0.15, 0.2) is 24.3 Å². The van der Waals surface area contributed by atoms with Gasteiger partial charge in [0.2, 0.25) is 0 Å². The predicted molar refractivity (Wildman–Crippen MR) is 44.1 cm³/mol. The molecule has 0 aliphatic carbocycles. The molecule has 0 saturated carbocycles. The smallest absolute Gasteiger partial charge is 0.267 e. The lowest BCUT2D eigenvalue weighted by atomic mass is 9.95. The quantitative estimate of drug-likeness (QED) is 0.592. The van der Waals surface area contributed by atoms with E-state index < -0.39 is 5.60 Å². The van der Waals surface area contributed by atoms with E-state index in [-0.39, 0.29) is 0 Å². The maximum atomic E-state index is 8.87. The van der Waals surface area contributed by atoms with Crippen molar-refractivity contribution in [1.29, 1.82) is 10.5 Å². The second-order valence-corrected chi connectivity index (χ2v) is 2.85. The molecule has 1 aliphatic rings. The molecule has 0 fully saturated rings. The fraction of sp³-hybridized carbons (Fsp3) is 0.200. The number of benzene rings is 1. The van der Waals surface area contributed by atoms with E-state index in [0.29, 0.717) is 12.2 Å². The highest BCUT2D eigenvalue weighted by atomic mass is 16.5. The number of hydrogen-bond donors (Lipinski definition) is 0. The van der Waals surface area contributed by atoms with Crippen molar-refractivity contribution in [2.45, 2.75) is 12.2 Å². The Hall–Kier alpha value is -1.84. The summed E-state index contributed by atoms with van der Waals surface area (Å²) in [6, 6.07) is 11.1. The molecule has 0 atom stereocenters. The van der Waals surface area contributed by atoms with Gasteiger partial charge < -0.3 is 4.74 Å². The third kappa shape index (κ3) is 0.917. The first-order valence-corrected chi connectivity index (χ1v) is 3.87. The predicted octanol–water partition coefficient (Wildman–Crippen LogP) is 1.46. The molecule has 0 unspecified atom stereocenters. The Bertz CT molecular complexity index is 411. The van der Waals surface area contributed by atoms with Crippen LogP contribution >= 0.6 is 0 Å². The molecule has 0 spiro atoms. The third-order valence-electron chi connectivity index (χ3n) is 2.16. The van der Waals surface area contributed by atoms with Gasteiger partial charge in [0.05, 0.1) is 6.61 Å². The van der Waals surface area contributed by atoms with Crippen molar-refractivity contribution in [3.05, 3.63) is 35.4 Å². The summed E-state index contributed by atoms with van der Waals surface area (Å²) in [4.78, 5) is 0. The van der Waals surface area contributed by atoms with Gasteiger partial charge in [0.25, 0.3) is 5.60 Å². The molecule has 1 aromatic rings. The number of fused-ring (bicyclic) bond motifs is 1. The fourth-order valence-corrected chi connectivity index (χ4v) is 1.46. The Kier molecular flexibility index (Phi) is 1.55. The van der Waals surface area contributed by atoms with Crippen LogP contribution in [0.3, 0.4) is 0 Å². The van der Waals surface area contributed by atoms with Crippen molar-refractivity contribution < 1.29 is 4.74 Å². The molecule has 2 rings (SSSR count). The van der Waals surface area contributed by atoms with Crippen LogP contribution in [0.5, 0.6) is 0 Å². The molecule has 0 bridgehead atoms. The maximum Gasteiger partial charge on any atom is 0.267 e. The normalized spacial score (nSPS) is 17.1. The Balaban J connectivity index is 2.63. The van der Waals surface area contributed by atoms with E-state index in [1.54, 1.807) is 12.1 Å². The highest BCUT2D eigenvalue weighted by Gasteiger charge is 2.40. The molecule has 0 radical (unpaired) electrons. The van der Waals surface area contributed by atoms with Crippen molar-refractivity contribution in [3.63, 3.8) is 0 Å². The van der Waals surface area contributed by atoms with Crippen molar-refractivity contribution >= 4 is 0 Å². The van der Waals surface area contributed by atoms with Crippen LogP contribution in [0, 0.1) is 22.7 Å². The Morgan fingerprint density at radius 3 is 2.62 bits per heavy atom. The first-order valence-electron chi connectivity index (χ1n) is 3.87. The van der Waals surface area contributed by atoms with Crippen LogP contribution in [-0.4, -0.2) is 0 Å². The van der Waals surface area contributed by atoms with Gasteiger partial charge >= 0.3 is 0 Å². The highest BCUT2D eigenvalue weighted by molar-refractivity contribution is 5.44. The SMILES string of the molecule is N#CC1(C#N)OCc2ccccc21. The largest absolute Gasteiger partial charge is 0.340 e. The second-order valence-electron chi connectivity index (χ2n) is 2.85. The molecule has 3 heteroatoms. The Morgan fingerprint density at radius 1 is 1.23 bits per heavy atom. The lowest BCUT2D eigenvalue weighted by molar-refractivity contribution is 0.0504. The highest BCUT2D eigenvalue weighted by Crippen LogP contribution is 2.35. The zero-order chi connectivity index (χ0) is 9.31. The average molecular weight is 170 g/mol. The molecule has 1 aromatic carbocycles. The summed E-state index contributed by atoms with van der Waals surface area (Å²) in [5.74, 6) is 0. The average Bonchev–Trinajstić information content (AvgIpc) is 2.58. The van der Waals surface area contributed by atoms with E-state index in [4.69, 9.17) is 15.3 Å². The van der Waals surface area contributed by atoms with E-state index in [0.717, 1.165) is 5.56 Å². The summed E-state index contributed by atoms with van der Waals surface area (Å²) in [7, 11) is 0. The van der Waals surface area contributed by atoms with Crippen molar-refractivity contribution in [2.24, 2.45) is 0 Å². The number of rotatable bonds is 0. The van der Waals surface area contributed by atoms with E-state index in [9.17, 15) is 0 Å². The summed E-state index contributed by atoms with van der Waals surface area (Å²) in [5, 5.41) is 17.7. The van der Waals surface area contributed by atoms with Gasteiger partial charge in [0.15, 0.2) is 0 Å². The fourth-order valence-electron chi connectivity index (χ4n) is 1.46. The number of ether oxygens (including phenoxy) is 1. The summed E-state index contributed by atoms with van der Waals surface area (Å²) < 4.78 is 5.19. The molecule has 1 aliphatic heterocycles. The van der Waals surface area contributed by atoms with Crippen molar-refractivity contribution in [3.8, 4) is 12.1 Å². The zero-order valence-electron chi connectivity index (χ0n) is 6.82. The van der Waals surface area contributed by atoms with Crippen LogP contribution < -0.4 is 0 Å². The molecular formula is C10H6N2O. The number of nitrogens with zero attached hydrogens (tertiary/aromatic N) is 2. The van der Waals surface area contributed by atoms with Crippen LogP contribution in [0.25, 0.3) is 0 Å². The standard InChI is InChI=1S/C10H6N2O/c11-6-10(7-12)9-4-2-1-3-8(9)5-13-10/h1-4H,5H2. The lowest BCUT2D eigenvalue weighted by Gasteiger charge is -2.10. The minimum absolute atomic E-state index is 0.345. The number of hydrogen-bond acceptors (Lipinski definition) is 3. The van der Waals surface area contributed by atoms with Gasteiger partial charge in [-0.3, -0.25) is 0 Å². The number of nitriles is 2. The summed E-state index contributed by atoms with van der Waals surface area (Å²) in [6.07, 6.45) is 0. The first-order chi connectivity index (χ1) is 6.32. The molecule has 0 saturated heterocycles. The van der Waals surface area contributed by atoms with E-state index in [1.807, 2.05) is 24.3 Å². The monoisotopic (exact) mass is 170 g/mol. The Morgan fingerprint density at radius 2 is 1.92 bits per heavy atom. The topological polar surface area (TPSA) is 56.8 Å². The Labute approximate surface area is 75.8 Å². The van der Waals surface area contributed by atoms with Gasteiger partial charge in [0.1, 0.15) is 12.1 Å². The minimum Gasteiger partial charge on any atom is -0.340 e. The van der Waals surface area contributed by atoms with Crippen LogP contribution in [-0.2, 0) is 16.9 Å². The molecule has 0 N–H and O–H groups in total. The van der Waals surface area contributed by atoms with E-state index in [1.165, 1.54) is 0 Å². The second kappa shape index (κ2) is 2.58. The van der Waals surface area contributed by atoms with E-state index in [2.05, 4.69) is 0 Å². The zero-order valence-corrected chi connectivity index (χ0v) is 6.82. The van der Waals surface area contributed by atoms with Gasteiger partial charge in [-0.25, -0.2) is 0 Å². The van der Waals surface area contributed by atoms with E-state index >= 15 is 0 Å². The first kappa shape index (κ1) is 7.79. The lowest BCUT2D eigenvalue weighted by Crippen LogP contribution is -2.19. The third-order valence-corrected chi connectivity index (χ3v) is 2.16. The van der Waals surface area contributed by atoms with Crippen molar-refractivity contribution in [1.82, 2.24) is 0 Å². The van der Waals surface area contributed by atoms with Gasteiger partial charge in [-0.15, -0.1) is 0 Å². The minimum atomic E-state index is -1.38. The molecule has 13 heavy (non-hydrogen) atoms. The van der Waals surface area contributed by atoms with Gasteiger partial charge in [-0.2, -0.15) is 10.5 Å². The van der Waals surface area contributed by atoms with Crippen LogP contribution in [0.1, 0.15) is 11.1 Å². The molecule has 0 aromatic heterocycles. The summed E-state index contributed by atoms with van der Waals surface area (Å²) in [5.41, 5.74) is 0.224. The van der Waals surface area contributed by atoms with Gasteiger partial charge in [-0.1, -0.05) is 24.3 Å². The molecule has 0 amide bonds. The van der Waals surface area contributed by atoms with Crippen LogP contribution in [0.2, 0.25) is 0 Å².